The minimum atomic E-state index is 0.308. The van der Waals surface area contributed by atoms with Crippen molar-refractivity contribution in [2.24, 2.45) is 0 Å². The normalized spacial score (nSPS) is 22.4. The number of nitriles is 1. The summed E-state index contributed by atoms with van der Waals surface area (Å²) < 4.78 is 7.10. The Morgan fingerprint density at radius 1 is 1.75 bits per heavy atom. The zero-order valence-corrected chi connectivity index (χ0v) is 6.60. The van der Waals surface area contributed by atoms with Gasteiger partial charge in [0.1, 0.15) is 6.07 Å². The lowest BCUT2D eigenvalue weighted by atomic mass is 10.2. The summed E-state index contributed by atoms with van der Waals surface area (Å²) in [5.74, 6) is 0.477. The van der Waals surface area contributed by atoms with Crippen LogP contribution >= 0.6 is 0 Å². The van der Waals surface area contributed by atoms with Crippen LogP contribution in [-0.2, 0) is 4.74 Å². The van der Waals surface area contributed by atoms with Crippen LogP contribution in [0.5, 0.6) is 0 Å². The molecule has 1 saturated heterocycles. The van der Waals surface area contributed by atoms with E-state index in [1.165, 1.54) is 0 Å². The van der Waals surface area contributed by atoms with E-state index in [0.717, 1.165) is 13.0 Å². The van der Waals surface area contributed by atoms with Gasteiger partial charge in [-0.2, -0.15) is 5.26 Å². The van der Waals surface area contributed by atoms with Gasteiger partial charge in [-0.15, -0.1) is 0 Å². The molecule has 0 amide bonds. The first-order chi connectivity index (χ1) is 5.92. The topological polar surface area (TPSA) is 50.8 Å². The first kappa shape index (κ1) is 7.32. The number of hydrogen-bond donors (Lipinski definition) is 0. The number of nitrogens with zero attached hydrogens (tertiary/aromatic N) is 3. The molecule has 1 fully saturated rings. The third-order valence-corrected chi connectivity index (χ3v) is 2.07. The Morgan fingerprint density at radius 3 is 3.33 bits per heavy atom. The van der Waals surface area contributed by atoms with E-state index < -0.39 is 0 Å². The molecule has 1 atom stereocenters. The fourth-order valence-electron chi connectivity index (χ4n) is 1.44. The van der Waals surface area contributed by atoms with E-state index in [-0.39, 0.29) is 0 Å². The van der Waals surface area contributed by atoms with Gasteiger partial charge in [-0.05, 0) is 6.42 Å². The van der Waals surface area contributed by atoms with E-state index >= 15 is 0 Å². The SMILES string of the molecule is N#Cc1nccn1C1CCOC1. The molecule has 62 valence electrons. The van der Waals surface area contributed by atoms with Gasteiger partial charge >= 0.3 is 0 Å². The highest BCUT2D eigenvalue weighted by Gasteiger charge is 2.19. The first-order valence-electron chi connectivity index (χ1n) is 3.92. The van der Waals surface area contributed by atoms with Gasteiger partial charge in [0.05, 0.1) is 12.6 Å². The van der Waals surface area contributed by atoms with Gasteiger partial charge in [0.2, 0.25) is 5.82 Å². The lowest BCUT2D eigenvalue weighted by Gasteiger charge is -2.09. The molecule has 1 aromatic heterocycles. The Bertz CT molecular complexity index is 306. The van der Waals surface area contributed by atoms with Crippen molar-refractivity contribution in [3.05, 3.63) is 18.2 Å². The lowest BCUT2D eigenvalue weighted by molar-refractivity contribution is 0.186. The summed E-state index contributed by atoms with van der Waals surface area (Å²) in [5.41, 5.74) is 0. The van der Waals surface area contributed by atoms with Crippen LogP contribution in [0.1, 0.15) is 18.3 Å². The standard InChI is InChI=1S/C8H9N3O/c9-5-8-10-2-3-11(8)7-1-4-12-6-7/h2-3,7H,1,4,6H2. The van der Waals surface area contributed by atoms with E-state index in [1.54, 1.807) is 6.20 Å². The van der Waals surface area contributed by atoms with E-state index in [4.69, 9.17) is 10.00 Å². The summed E-state index contributed by atoms with van der Waals surface area (Å²) >= 11 is 0. The number of imidazole rings is 1. The average molecular weight is 163 g/mol. The minimum Gasteiger partial charge on any atom is -0.379 e. The molecule has 1 aromatic rings. The Morgan fingerprint density at radius 2 is 2.67 bits per heavy atom. The maximum atomic E-state index is 8.69. The molecule has 0 bridgehead atoms. The van der Waals surface area contributed by atoms with Crippen LogP contribution in [0.2, 0.25) is 0 Å². The van der Waals surface area contributed by atoms with Crippen LogP contribution in [0.4, 0.5) is 0 Å². The van der Waals surface area contributed by atoms with Crippen LogP contribution in [-0.4, -0.2) is 22.8 Å². The highest BCUT2D eigenvalue weighted by molar-refractivity contribution is 5.12. The fraction of sp³-hybridized carbons (Fsp3) is 0.500. The maximum Gasteiger partial charge on any atom is 0.213 e. The molecule has 0 saturated carbocycles. The summed E-state index contributed by atoms with van der Waals surface area (Å²) in [6.45, 7) is 1.48. The number of hydrogen-bond acceptors (Lipinski definition) is 3. The van der Waals surface area contributed by atoms with Crippen LogP contribution < -0.4 is 0 Å². The molecule has 4 nitrogen and oxygen atoms in total. The third kappa shape index (κ3) is 1.08. The summed E-state index contributed by atoms with van der Waals surface area (Å²) in [6, 6.07) is 2.36. The molecule has 2 rings (SSSR count). The van der Waals surface area contributed by atoms with Crippen molar-refractivity contribution in [3.8, 4) is 6.07 Å². The van der Waals surface area contributed by atoms with Crippen molar-refractivity contribution in [1.29, 1.82) is 5.26 Å². The highest BCUT2D eigenvalue weighted by atomic mass is 16.5. The monoisotopic (exact) mass is 163 g/mol. The van der Waals surface area contributed by atoms with Crippen molar-refractivity contribution >= 4 is 0 Å². The molecular formula is C8H9N3O. The second-order valence-corrected chi connectivity index (χ2v) is 2.79. The summed E-state index contributed by atoms with van der Waals surface area (Å²) in [5, 5.41) is 8.69. The second-order valence-electron chi connectivity index (χ2n) is 2.79. The zero-order valence-electron chi connectivity index (χ0n) is 6.60. The smallest absolute Gasteiger partial charge is 0.213 e. The molecule has 0 aromatic carbocycles. The van der Waals surface area contributed by atoms with Gasteiger partial charge in [-0.1, -0.05) is 0 Å². The molecule has 2 heterocycles. The fourth-order valence-corrected chi connectivity index (χ4v) is 1.44. The molecule has 1 unspecified atom stereocenters. The molecule has 0 spiro atoms. The van der Waals surface area contributed by atoms with Gasteiger partial charge in [0.25, 0.3) is 0 Å². The van der Waals surface area contributed by atoms with Crippen LogP contribution in [0.25, 0.3) is 0 Å². The van der Waals surface area contributed by atoms with Crippen molar-refractivity contribution in [2.75, 3.05) is 13.2 Å². The van der Waals surface area contributed by atoms with Crippen molar-refractivity contribution < 1.29 is 4.74 Å². The Balaban J connectivity index is 2.27. The molecule has 0 radical (unpaired) electrons. The number of ether oxygens (including phenoxy) is 1. The van der Waals surface area contributed by atoms with Crippen LogP contribution in [0.3, 0.4) is 0 Å². The Kier molecular flexibility index (Phi) is 1.80. The number of rotatable bonds is 1. The van der Waals surface area contributed by atoms with Crippen molar-refractivity contribution in [1.82, 2.24) is 9.55 Å². The second kappa shape index (κ2) is 2.95. The first-order valence-corrected chi connectivity index (χ1v) is 3.92. The third-order valence-electron chi connectivity index (χ3n) is 2.07. The lowest BCUT2D eigenvalue weighted by Crippen LogP contribution is -2.09. The quantitative estimate of drug-likeness (QED) is 0.612. The van der Waals surface area contributed by atoms with E-state index in [2.05, 4.69) is 4.98 Å². The van der Waals surface area contributed by atoms with E-state index in [0.29, 0.717) is 18.5 Å². The maximum absolute atomic E-state index is 8.69. The molecule has 0 N–H and O–H groups in total. The van der Waals surface area contributed by atoms with E-state index in [1.807, 2.05) is 16.8 Å². The van der Waals surface area contributed by atoms with Gasteiger partial charge in [0.15, 0.2) is 0 Å². The predicted octanol–water partition coefficient (Wildman–Crippen LogP) is 0.716. The molecular weight excluding hydrogens is 154 g/mol. The van der Waals surface area contributed by atoms with E-state index in [9.17, 15) is 0 Å². The van der Waals surface area contributed by atoms with Gasteiger partial charge in [-0.25, -0.2) is 4.98 Å². The van der Waals surface area contributed by atoms with Crippen molar-refractivity contribution in [2.45, 2.75) is 12.5 Å². The molecule has 1 aliphatic rings. The van der Waals surface area contributed by atoms with Crippen LogP contribution in [0.15, 0.2) is 12.4 Å². The van der Waals surface area contributed by atoms with Gasteiger partial charge in [0, 0.05) is 19.0 Å². The highest BCUT2D eigenvalue weighted by Crippen LogP contribution is 2.19. The molecule has 0 aliphatic carbocycles. The molecule has 4 heteroatoms. The van der Waals surface area contributed by atoms with Crippen LogP contribution in [0, 0.1) is 11.3 Å². The summed E-state index contributed by atoms with van der Waals surface area (Å²) in [6.07, 6.45) is 4.46. The zero-order chi connectivity index (χ0) is 8.39. The van der Waals surface area contributed by atoms with Gasteiger partial charge < -0.3 is 9.30 Å². The van der Waals surface area contributed by atoms with Gasteiger partial charge in [-0.3, -0.25) is 0 Å². The largest absolute Gasteiger partial charge is 0.379 e. The predicted molar refractivity (Wildman–Crippen MR) is 41.4 cm³/mol. The van der Waals surface area contributed by atoms with Crippen molar-refractivity contribution in [3.63, 3.8) is 0 Å². The minimum absolute atomic E-state index is 0.308. The Labute approximate surface area is 70.4 Å². The number of aromatic nitrogens is 2. The summed E-state index contributed by atoms with van der Waals surface area (Å²) in [7, 11) is 0. The molecule has 1 aliphatic heterocycles. The molecule has 12 heavy (non-hydrogen) atoms. The Hall–Kier alpha value is -1.34. The average Bonchev–Trinajstić information content (AvgIpc) is 2.74. The summed E-state index contributed by atoms with van der Waals surface area (Å²) in [4.78, 5) is 3.93.